The Labute approximate surface area is 79.7 Å². The highest BCUT2D eigenvalue weighted by atomic mass is 16.5. The Morgan fingerprint density at radius 3 is 2.85 bits per heavy atom. The van der Waals surface area contributed by atoms with Gasteiger partial charge in [0.1, 0.15) is 5.75 Å². The summed E-state index contributed by atoms with van der Waals surface area (Å²) in [4.78, 5) is 0. The standard InChI is InChI=1S/C11H17NO/c1-3-10(12)7-9-5-4-6-11(8-9)13-2/h4-6,8,10H,3,7,12H2,1-2H3/t10-/m0/s1. The summed E-state index contributed by atoms with van der Waals surface area (Å²) in [5, 5.41) is 0. The van der Waals surface area contributed by atoms with Crippen molar-refractivity contribution in [3.8, 4) is 5.75 Å². The molecule has 1 aromatic carbocycles. The van der Waals surface area contributed by atoms with Gasteiger partial charge in [-0.2, -0.15) is 0 Å². The lowest BCUT2D eigenvalue weighted by Crippen LogP contribution is -2.21. The molecule has 1 aromatic rings. The number of nitrogens with two attached hydrogens (primary N) is 1. The van der Waals surface area contributed by atoms with E-state index in [1.165, 1.54) is 5.56 Å². The average molecular weight is 179 g/mol. The maximum Gasteiger partial charge on any atom is 0.119 e. The van der Waals surface area contributed by atoms with E-state index in [1.54, 1.807) is 7.11 Å². The molecule has 0 aliphatic rings. The molecular weight excluding hydrogens is 162 g/mol. The fourth-order valence-electron chi connectivity index (χ4n) is 1.25. The van der Waals surface area contributed by atoms with Gasteiger partial charge in [0.2, 0.25) is 0 Å². The zero-order valence-electron chi connectivity index (χ0n) is 8.29. The SMILES string of the molecule is CC[C@H](N)Cc1cccc(OC)c1. The fourth-order valence-corrected chi connectivity index (χ4v) is 1.25. The van der Waals surface area contributed by atoms with Crippen molar-refractivity contribution in [1.82, 2.24) is 0 Å². The summed E-state index contributed by atoms with van der Waals surface area (Å²) in [6.45, 7) is 2.10. The molecule has 0 fully saturated rings. The van der Waals surface area contributed by atoms with Gasteiger partial charge in [-0.3, -0.25) is 0 Å². The van der Waals surface area contributed by atoms with Crippen LogP contribution in [-0.4, -0.2) is 13.2 Å². The van der Waals surface area contributed by atoms with Crippen molar-refractivity contribution >= 4 is 0 Å². The van der Waals surface area contributed by atoms with Gasteiger partial charge in [0.25, 0.3) is 0 Å². The van der Waals surface area contributed by atoms with E-state index < -0.39 is 0 Å². The number of ether oxygens (including phenoxy) is 1. The van der Waals surface area contributed by atoms with Crippen molar-refractivity contribution in [3.05, 3.63) is 29.8 Å². The number of hydrogen-bond acceptors (Lipinski definition) is 2. The van der Waals surface area contributed by atoms with E-state index in [0.29, 0.717) is 0 Å². The molecular formula is C11H17NO. The molecule has 2 N–H and O–H groups in total. The minimum Gasteiger partial charge on any atom is -0.497 e. The summed E-state index contributed by atoms with van der Waals surface area (Å²) < 4.78 is 5.13. The molecule has 0 spiro atoms. The summed E-state index contributed by atoms with van der Waals surface area (Å²) in [5.74, 6) is 0.904. The molecule has 72 valence electrons. The third-order valence-electron chi connectivity index (χ3n) is 2.16. The van der Waals surface area contributed by atoms with E-state index >= 15 is 0 Å². The maximum atomic E-state index is 5.86. The Bertz CT molecular complexity index is 260. The molecule has 2 nitrogen and oxygen atoms in total. The summed E-state index contributed by atoms with van der Waals surface area (Å²) in [5.41, 5.74) is 7.10. The second-order valence-corrected chi connectivity index (χ2v) is 3.22. The number of benzene rings is 1. The van der Waals surface area contributed by atoms with Crippen LogP contribution in [0.15, 0.2) is 24.3 Å². The van der Waals surface area contributed by atoms with Crippen LogP contribution in [0.4, 0.5) is 0 Å². The minimum absolute atomic E-state index is 0.257. The Morgan fingerprint density at radius 1 is 1.46 bits per heavy atom. The molecule has 2 heteroatoms. The average Bonchev–Trinajstić information content (AvgIpc) is 2.18. The predicted octanol–water partition coefficient (Wildman–Crippen LogP) is 1.98. The lowest BCUT2D eigenvalue weighted by molar-refractivity contribution is 0.414. The van der Waals surface area contributed by atoms with Gasteiger partial charge in [-0.25, -0.2) is 0 Å². The molecule has 0 heterocycles. The molecule has 0 bridgehead atoms. The minimum atomic E-state index is 0.257. The zero-order chi connectivity index (χ0) is 9.68. The number of hydrogen-bond donors (Lipinski definition) is 1. The molecule has 0 aliphatic heterocycles. The third kappa shape index (κ3) is 3.07. The molecule has 1 rings (SSSR count). The second kappa shape index (κ2) is 4.87. The van der Waals surface area contributed by atoms with Crippen molar-refractivity contribution in [2.75, 3.05) is 7.11 Å². The van der Waals surface area contributed by atoms with Crippen LogP contribution in [0.5, 0.6) is 5.75 Å². The van der Waals surface area contributed by atoms with Gasteiger partial charge in [-0.1, -0.05) is 19.1 Å². The number of methoxy groups -OCH3 is 1. The highest BCUT2D eigenvalue weighted by Gasteiger charge is 2.01. The van der Waals surface area contributed by atoms with Crippen LogP contribution in [0.25, 0.3) is 0 Å². The lowest BCUT2D eigenvalue weighted by atomic mass is 10.0. The van der Waals surface area contributed by atoms with Crippen LogP contribution in [0.2, 0.25) is 0 Å². The summed E-state index contributed by atoms with van der Waals surface area (Å²) >= 11 is 0. The van der Waals surface area contributed by atoms with Crippen LogP contribution in [0, 0.1) is 0 Å². The Hall–Kier alpha value is -1.02. The van der Waals surface area contributed by atoms with Crippen molar-refractivity contribution in [2.45, 2.75) is 25.8 Å². The van der Waals surface area contributed by atoms with Crippen LogP contribution in [-0.2, 0) is 6.42 Å². The molecule has 0 unspecified atom stereocenters. The third-order valence-corrected chi connectivity index (χ3v) is 2.16. The van der Waals surface area contributed by atoms with E-state index in [-0.39, 0.29) is 6.04 Å². The van der Waals surface area contributed by atoms with Gasteiger partial charge in [0.15, 0.2) is 0 Å². The van der Waals surface area contributed by atoms with E-state index in [4.69, 9.17) is 10.5 Å². The topological polar surface area (TPSA) is 35.2 Å². The normalized spacial score (nSPS) is 12.5. The van der Waals surface area contributed by atoms with Gasteiger partial charge in [0, 0.05) is 6.04 Å². The fraction of sp³-hybridized carbons (Fsp3) is 0.455. The summed E-state index contributed by atoms with van der Waals surface area (Å²) in [6.07, 6.45) is 1.94. The van der Waals surface area contributed by atoms with E-state index in [1.807, 2.05) is 18.2 Å². The highest BCUT2D eigenvalue weighted by Crippen LogP contribution is 2.13. The predicted molar refractivity (Wildman–Crippen MR) is 55.0 cm³/mol. The monoisotopic (exact) mass is 179 g/mol. The van der Waals surface area contributed by atoms with Crippen molar-refractivity contribution < 1.29 is 4.74 Å². The summed E-state index contributed by atoms with van der Waals surface area (Å²) in [7, 11) is 1.68. The van der Waals surface area contributed by atoms with E-state index in [9.17, 15) is 0 Å². The van der Waals surface area contributed by atoms with Crippen molar-refractivity contribution in [1.29, 1.82) is 0 Å². The molecule has 0 aliphatic carbocycles. The Kier molecular flexibility index (Phi) is 3.77. The molecule has 0 radical (unpaired) electrons. The van der Waals surface area contributed by atoms with Crippen LogP contribution in [0.3, 0.4) is 0 Å². The first-order valence-electron chi connectivity index (χ1n) is 4.64. The highest BCUT2D eigenvalue weighted by molar-refractivity contribution is 5.28. The second-order valence-electron chi connectivity index (χ2n) is 3.22. The molecule has 0 aromatic heterocycles. The Morgan fingerprint density at radius 2 is 2.23 bits per heavy atom. The molecule has 0 saturated heterocycles. The van der Waals surface area contributed by atoms with E-state index in [2.05, 4.69) is 13.0 Å². The lowest BCUT2D eigenvalue weighted by Gasteiger charge is -2.09. The van der Waals surface area contributed by atoms with Crippen LogP contribution >= 0.6 is 0 Å². The van der Waals surface area contributed by atoms with Crippen LogP contribution in [0.1, 0.15) is 18.9 Å². The van der Waals surface area contributed by atoms with Gasteiger partial charge >= 0.3 is 0 Å². The first kappa shape index (κ1) is 10.1. The van der Waals surface area contributed by atoms with Crippen LogP contribution < -0.4 is 10.5 Å². The van der Waals surface area contributed by atoms with Crippen molar-refractivity contribution in [2.24, 2.45) is 5.73 Å². The largest absolute Gasteiger partial charge is 0.497 e. The zero-order valence-corrected chi connectivity index (χ0v) is 8.29. The quantitative estimate of drug-likeness (QED) is 0.767. The number of rotatable bonds is 4. The Balaban J connectivity index is 2.66. The summed E-state index contributed by atoms with van der Waals surface area (Å²) in [6, 6.07) is 8.32. The molecule has 0 saturated carbocycles. The van der Waals surface area contributed by atoms with E-state index in [0.717, 1.165) is 18.6 Å². The smallest absolute Gasteiger partial charge is 0.119 e. The van der Waals surface area contributed by atoms with Gasteiger partial charge in [-0.15, -0.1) is 0 Å². The molecule has 1 atom stereocenters. The maximum absolute atomic E-state index is 5.86. The van der Waals surface area contributed by atoms with Gasteiger partial charge < -0.3 is 10.5 Å². The first-order chi connectivity index (χ1) is 6.26. The van der Waals surface area contributed by atoms with Gasteiger partial charge in [-0.05, 0) is 30.5 Å². The first-order valence-corrected chi connectivity index (χ1v) is 4.64. The molecule has 0 amide bonds. The van der Waals surface area contributed by atoms with Gasteiger partial charge in [0.05, 0.1) is 7.11 Å². The van der Waals surface area contributed by atoms with Crippen molar-refractivity contribution in [3.63, 3.8) is 0 Å². The molecule has 13 heavy (non-hydrogen) atoms.